The number of ether oxygens (including phenoxy) is 1. The third-order valence-electron chi connectivity index (χ3n) is 3.14. The molecule has 1 rings (SSSR count). The van der Waals surface area contributed by atoms with E-state index in [4.69, 9.17) is 5.11 Å². The average molecular weight is 387 g/mol. The molecule has 0 aromatic heterocycles. The number of amides is 1. The fourth-order valence-electron chi connectivity index (χ4n) is 1.80. The Morgan fingerprint density at radius 3 is 2.15 bits per heavy atom. The van der Waals surface area contributed by atoms with Gasteiger partial charge < -0.3 is 15.2 Å². The van der Waals surface area contributed by atoms with Gasteiger partial charge in [0.05, 0.1) is 11.0 Å². The minimum atomic E-state index is -5.03. The normalized spacial score (nSPS) is 12.6. The largest absolute Gasteiger partial charge is 0.483 e. The van der Waals surface area contributed by atoms with Crippen LogP contribution in [0.15, 0.2) is 18.2 Å². The Kier molecular flexibility index (Phi) is 6.16. The number of carbonyl (C=O) groups is 2. The van der Waals surface area contributed by atoms with Crippen LogP contribution in [0.4, 0.5) is 32.0 Å². The lowest BCUT2D eigenvalue weighted by Crippen LogP contribution is -2.29. The molecule has 5 nitrogen and oxygen atoms in total. The van der Waals surface area contributed by atoms with Crippen molar-refractivity contribution >= 4 is 17.6 Å². The predicted molar refractivity (Wildman–Crippen MR) is 77.7 cm³/mol. The first-order valence-corrected chi connectivity index (χ1v) is 7.06. The summed E-state index contributed by atoms with van der Waals surface area (Å²) in [4.78, 5) is 22.8. The van der Waals surface area contributed by atoms with Gasteiger partial charge in [-0.05, 0) is 32.0 Å². The maximum atomic E-state index is 13.0. The summed E-state index contributed by atoms with van der Waals surface area (Å²) < 4.78 is 79.6. The Bertz CT molecular complexity index is 682. The first kappa shape index (κ1) is 21.6. The standard InChI is InChI=1S/C15H15F6NO4/c1-13(2,12(24)25)6-11(23)22-8-3-4-10(26-7-14(16,17)18)9(5-8)15(19,20)21/h3-5H,6-7H2,1-2H3,(H,22,23)(H,24,25). The number of carbonyl (C=O) groups excluding carboxylic acids is 1. The summed E-state index contributed by atoms with van der Waals surface area (Å²) >= 11 is 0. The summed E-state index contributed by atoms with van der Waals surface area (Å²) in [6.07, 6.45) is -10.4. The Hall–Kier alpha value is -2.46. The van der Waals surface area contributed by atoms with Crippen LogP contribution in [0.2, 0.25) is 0 Å². The van der Waals surface area contributed by atoms with E-state index in [2.05, 4.69) is 10.1 Å². The number of hydrogen-bond acceptors (Lipinski definition) is 3. The molecule has 0 saturated heterocycles. The molecule has 0 heterocycles. The highest BCUT2D eigenvalue weighted by molar-refractivity contribution is 5.94. The number of carboxylic acids is 1. The van der Waals surface area contributed by atoms with Crippen LogP contribution in [0.1, 0.15) is 25.8 Å². The molecule has 0 saturated carbocycles. The summed E-state index contributed by atoms with van der Waals surface area (Å²) in [6.45, 7) is 0.600. The van der Waals surface area contributed by atoms with Gasteiger partial charge in [-0.15, -0.1) is 0 Å². The van der Waals surface area contributed by atoms with Crippen molar-refractivity contribution in [1.82, 2.24) is 0 Å². The number of aliphatic carboxylic acids is 1. The summed E-state index contributed by atoms with van der Waals surface area (Å²) in [7, 11) is 0. The smallest absolute Gasteiger partial charge is 0.422 e. The quantitative estimate of drug-likeness (QED) is 0.721. The van der Waals surface area contributed by atoms with Gasteiger partial charge in [0.1, 0.15) is 5.75 Å². The van der Waals surface area contributed by atoms with E-state index < -0.39 is 54.0 Å². The first-order chi connectivity index (χ1) is 11.6. The number of halogens is 6. The molecule has 26 heavy (non-hydrogen) atoms. The van der Waals surface area contributed by atoms with Crippen molar-refractivity contribution in [1.29, 1.82) is 0 Å². The maximum absolute atomic E-state index is 13.0. The maximum Gasteiger partial charge on any atom is 0.422 e. The van der Waals surface area contributed by atoms with Crippen LogP contribution < -0.4 is 10.1 Å². The van der Waals surface area contributed by atoms with Gasteiger partial charge in [-0.1, -0.05) is 0 Å². The Morgan fingerprint density at radius 2 is 1.69 bits per heavy atom. The highest BCUT2D eigenvalue weighted by Crippen LogP contribution is 2.38. The molecule has 1 amide bonds. The van der Waals surface area contributed by atoms with Crippen molar-refractivity contribution in [3.63, 3.8) is 0 Å². The second-order valence-corrected chi connectivity index (χ2v) is 6.03. The van der Waals surface area contributed by atoms with Crippen molar-refractivity contribution in [2.75, 3.05) is 11.9 Å². The monoisotopic (exact) mass is 387 g/mol. The van der Waals surface area contributed by atoms with Gasteiger partial charge in [0, 0.05) is 12.1 Å². The SMILES string of the molecule is CC(C)(CC(=O)Nc1ccc(OCC(F)(F)F)c(C(F)(F)F)c1)C(=O)O. The van der Waals surface area contributed by atoms with Crippen molar-refractivity contribution < 1.29 is 45.8 Å². The van der Waals surface area contributed by atoms with Gasteiger partial charge in [-0.3, -0.25) is 9.59 Å². The van der Waals surface area contributed by atoms with Crippen LogP contribution in [0, 0.1) is 5.41 Å². The van der Waals surface area contributed by atoms with Gasteiger partial charge in [0.2, 0.25) is 5.91 Å². The van der Waals surface area contributed by atoms with Gasteiger partial charge in [-0.2, -0.15) is 26.3 Å². The number of nitrogens with one attached hydrogen (secondary N) is 1. The molecular formula is C15H15F6NO4. The molecule has 1 aromatic rings. The van der Waals surface area contributed by atoms with Crippen LogP contribution in [-0.2, 0) is 15.8 Å². The molecule has 0 bridgehead atoms. The highest BCUT2D eigenvalue weighted by atomic mass is 19.4. The lowest BCUT2D eigenvalue weighted by Gasteiger charge is -2.19. The molecule has 0 radical (unpaired) electrons. The minimum Gasteiger partial charge on any atom is -0.483 e. The van der Waals surface area contributed by atoms with Gasteiger partial charge in [0.25, 0.3) is 0 Å². The average Bonchev–Trinajstić information content (AvgIpc) is 2.43. The number of anilines is 1. The predicted octanol–water partition coefficient (Wildman–Crippen LogP) is 4.09. The van der Waals surface area contributed by atoms with E-state index in [1.54, 1.807) is 0 Å². The van der Waals surface area contributed by atoms with E-state index in [9.17, 15) is 35.9 Å². The lowest BCUT2D eigenvalue weighted by molar-refractivity contribution is -0.158. The van der Waals surface area contributed by atoms with E-state index in [1.165, 1.54) is 13.8 Å². The van der Waals surface area contributed by atoms with Crippen LogP contribution in [0.5, 0.6) is 5.75 Å². The van der Waals surface area contributed by atoms with Crippen molar-refractivity contribution in [2.45, 2.75) is 32.6 Å². The molecule has 11 heteroatoms. The molecule has 0 aliphatic carbocycles. The Morgan fingerprint density at radius 1 is 1.12 bits per heavy atom. The number of hydrogen-bond donors (Lipinski definition) is 2. The van der Waals surface area contributed by atoms with Crippen LogP contribution >= 0.6 is 0 Å². The second kappa shape index (κ2) is 7.42. The molecule has 0 spiro atoms. The Balaban J connectivity index is 3.01. The summed E-state index contributed by atoms with van der Waals surface area (Å²) in [5, 5.41) is 11.0. The van der Waals surface area contributed by atoms with Gasteiger partial charge in [-0.25, -0.2) is 0 Å². The zero-order chi connectivity index (χ0) is 20.3. The summed E-state index contributed by atoms with van der Waals surface area (Å²) in [5.41, 5.74) is -3.31. The van der Waals surface area contributed by atoms with E-state index in [0.29, 0.717) is 12.1 Å². The highest BCUT2D eigenvalue weighted by Gasteiger charge is 2.37. The van der Waals surface area contributed by atoms with Crippen molar-refractivity contribution in [3.8, 4) is 5.75 Å². The fourth-order valence-corrected chi connectivity index (χ4v) is 1.80. The summed E-state index contributed by atoms with van der Waals surface area (Å²) in [6, 6.07) is 1.98. The molecule has 0 aliphatic heterocycles. The molecule has 2 N–H and O–H groups in total. The zero-order valence-electron chi connectivity index (χ0n) is 13.6. The van der Waals surface area contributed by atoms with Crippen LogP contribution in [0.25, 0.3) is 0 Å². The first-order valence-electron chi connectivity index (χ1n) is 7.06. The van der Waals surface area contributed by atoms with E-state index in [1.807, 2.05) is 0 Å². The molecular weight excluding hydrogens is 372 g/mol. The Labute approximate surface area is 143 Å². The van der Waals surface area contributed by atoms with E-state index in [0.717, 1.165) is 6.07 Å². The number of carboxylic acid groups (broad SMARTS) is 1. The zero-order valence-corrected chi connectivity index (χ0v) is 13.6. The van der Waals surface area contributed by atoms with E-state index >= 15 is 0 Å². The molecule has 0 unspecified atom stereocenters. The molecule has 0 aliphatic rings. The van der Waals surface area contributed by atoms with Gasteiger partial charge >= 0.3 is 18.3 Å². The van der Waals surface area contributed by atoms with Crippen LogP contribution in [0.3, 0.4) is 0 Å². The van der Waals surface area contributed by atoms with Gasteiger partial charge in [0.15, 0.2) is 6.61 Å². The third kappa shape index (κ3) is 6.45. The number of rotatable bonds is 6. The summed E-state index contributed by atoms with van der Waals surface area (Å²) in [5.74, 6) is -3.19. The van der Waals surface area contributed by atoms with Crippen LogP contribution in [-0.4, -0.2) is 29.8 Å². The fraction of sp³-hybridized carbons (Fsp3) is 0.467. The lowest BCUT2D eigenvalue weighted by atomic mass is 9.89. The third-order valence-corrected chi connectivity index (χ3v) is 3.14. The second-order valence-electron chi connectivity index (χ2n) is 6.03. The number of benzene rings is 1. The molecule has 1 aromatic carbocycles. The molecule has 146 valence electrons. The number of alkyl halides is 6. The van der Waals surface area contributed by atoms with E-state index in [-0.39, 0.29) is 5.69 Å². The molecule has 0 atom stereocenters. The minimum absolute atomic E-state index is 0.358. The van der Waals surface area contributed by atoms with Crippen molar-refractivity contribution in [2.24, 2.45) is 5.41 Å². The molecule has 0 fully saturated rings. The topological polar surface area (TPSA) is 75.6 Å². The van der Waals surface area contributed by atoms with Crippen molar-refractivity contribution in [3.05, 3.63) is 23.8 Å².